The van der Waals surface area contributed by atoms with Crippen molar-refractivity contribution in [2.24, 2.45) is 5.84 Å². The molecule has 4 nitrogen and oxygen atoms in total. The molecular formula is C15H17N3OS. The predicted molar refractivity (Wildman–Crippen MR) is 83.2 cm³/mol. The monoisotopic (exact) mass is 287 g/mol. The lowest BCUT2D eigenvalue weighted by Crippen LogP contribution is -2.30. The molecule has 0 radical (unpaired) electrons. The number of nitrogens with one attached hydrogen (secondary N) is 1. The maximum atomic E-state index is 11.7. The highest BCUT2D eigenvalue weighted by Crippen LogP contribution is 2.28. The molecular weight excluding hydrogens is 270 g/mol. The SMILES string of the molecule is Cc1cc(N)ccc1SCc1ccccc1C(=O)NN. The van der Waals surface area contributed by atoms with Gasteiger partial charge in [-0.2, -0.15) is 0 Å². The number of carbonyl (C=O) groups excluding carboxylic acids is 1. The molecule has 2 aromatic rings. The lowest BCUT2D eigenvalue weighted by molar-refractivity contribution is 0.0953. The van der Waals surface area contributed by atoms with Crippen LogP contribution in [0.1, 0.15) is 21.5 Å². The lowest BCUT2D eigenvalue weighted by Gasteiger charge is -2.09. The number of benzene rings is 2. The first kappa shape index (κ1) is 14.4. The summed E-state index contributed by atoms with van der Waals surface area (Å²) >= 11 is 1.67. The van der Waals surface area contributed by atoms with Crippen LogP contribution >= 0.6 is 11.8 Å². The fourth-order valence-corrected chi connectivity index (χ4v) is 2.95. The van der Waals surface area contributed by atoms with Crippen LogP contribution in [0.3, 0.4) is 0 Å². The standard InChI is InChI=1S/C15H17N3OS/c1-10-8-12(16)6-7-14(10)20-9-11-4-2-3-5-13(11)15(19)18-17/h2-8H,9,16-17H2,1H3,(H,18,19). The number of aryl methyl sites for hydroxylation is 1. The molecule has 5 N–H and O–H groups in total. The van der Waals surface area contributed by atoms with Gasteiger partial charge in [-0.15, -0.1) is 11.8 Å². The summed E-state index contributed by atoms with van der Waals surface area (Å²) in [6, 6.07) is 13.3. The number of anilines is 1. The van der Waals surface area contributed by atoms with Crippen LogP contribution in [0.15, 0.2) is 47.4 Å². The largest absolute Gasteiger partial charge is 0.399 e. The van der Waals surface area contributed by atoms with E-state index >= 15 is 0 Å². The molecule has 104 valence electrons. The summed E-state index contributed by atoms with van der Waals surface area (Å²) in [5.74, 6) is 5.64. The quantitative estimate of drug-likeness (QED) is 0.265. The lowest BCUT2D eigenvalue weighted by atomic mass is 10.1. The van der Waals surface area contributed by atoms with Gasteiger partial charge in [0.2, 0.25) is 0 Å². The highest BCUT2D eigenvalue weighted by atomic mass is 32.2. The van der Waals surface area contributed by atoms with Crippen molar-refractivity contribution in [3.63, 3.8) is 0 Å². The Morgan fingerprint density at radius 2 is 2.00 bits per heavy atom. The number of amides is 1. The minimum atomic E-state index is -0.268. The molecule has 0 atom stereocenters. The van der Waals surface area contributed by atoms with Crippen molar-refractivity contribution in [2.45, 2.75) is 17.6 Å². The zero-order valence-electron chi connectivity index (χ0n) is 11.2. The smallest absolute Gasteiger partial charge is 0.265 e. The van der Waals surface area contributed by atoms with Crippen LogP contribution in [0.25, 0.3) is 0 Å². The van der Waals surface area contributed by atoms with E-state index in [1.165, 1.54) is 0 Å². The van der Waals surface area contributed by atoms with Crippen molar-refractivity contribution >= 4 is 23.4 Å². The molecule has 0 aliphatic carbocycles. The van der Waals surface area contributed by atoms with E-state index in [0.29, 0.717) is 11.3 Å². The number of nitrogens with two attached hydrogens (primary N) is 2. The van der Waals surface area contributed by atoms with Gasteiger partial charge >= 0.3 is 0 Å². The number of hydrogen-bond donors (Lipinski definition) is 3. The van der Waals surface area contributed by atoms with E-state index in [1.54, 1.807) is 17.8 Å². The van der Waals surface area contributed by atoms with Crippen LogP contribution < -0.4 is 17.0 Å². The average Bonchev–Trinajstić information content (AvgIpc) is 2.46. The summed E-state index contributed by atoms with van der Waals surface area (Å²) in [6.07, 6.45) is 0. The molecule has 0 aliphatic heterocycles. The molecule has 0 aromatic heterocycles. The van der Waals surface area contributed by atoms with Crippen molar-refractivity contribution in [1.29, 1.82) is 0 Å². The second-order valence-corrected chi connectivity index (χ2v) is 5.46. The summed E-state index contributed by atoms with van der Waals surface area (Å²) in [6.45, 7) is 2.02. The van der Waals surface area contributed by atoms with Crippen LogP contribution in [-0.4, -0.2) is 5.91 Å². The van der Waals surface area contributed by atoms with E-state index in [1.807, 2.05) is 43.3 Å². The van der Waals surface area contributed by atoms with E-state index in [-0.39, 0.29) is 5.91 Å². The highest BCUT2D eigenvalue weighted by Gasteiger charge is 2.10. The Morgan fingerprint density at radius 1 is 1.25 bits per heavy atom. The minimum absolute atomic E-state index is 0.268. The second kappa shape index (κ2) is 6.45. The van der Waals surface area contributed by atoms with Crippen molar-refractivity contribution in [2.75, 3.05) is 5.73 Å². The van der Waals surface area contributed by atoms with Crippen LogP contribution in [0.5, 0.6) is 0 Å². The summed E-state index contributed by atoms with van der Waals surface area (Å²) in [7, 11) is 0. The van der Waals surface area contributed by atoms with Gasteiger partial charge in [0.05, 0.1) is 0 Å². The summed E-state index contributed by atoms with van der Waals surface area (Å²) in [5.41, 5.74) is 11.4. The van der Waals surface area contributed by atoms with Crippen LogP contribution in [0, 0.1) is 6.92 Å². The van der Waals surface area contributed by atoms with Gasteiger partial charge in [0.1, 0.15) is 0 Å². The molecule has 5 heteroatoms. The maximum absolute atomic E-state index is 11.7. The van der Waals surface area contributed by atoms with Gasteiger partial charge in [-0.05, 0) is 42.3 Å². The number of rotatable bonds is 4. The summed E-state index contributed by atoms with van der Waals surface area (Å²) in [4.78, 5) is 12.9. The Bertz CT molecular complexity index is 628. The third-order valence-corrected chi connectivity index (χ3v) is 4.20. The number of hydrogen-bond acceptors (Lipinski definition) is 4. The fraction of sp³-hybridized carbons (Fsp3) is 0.133. The molecule has 2 rings (SSSR count). The fourth-order valence-electron chi connectivity index (χ4n) is 1.94. The van der Waals surface area contributed by atoms with Crippen LogP contribution in [0.2, 0.25) is 0 Å². The molecule has 0 bridgehead atoms. The van der Waals surface area contributed by atoms with E-state index in [9.17, 15) is 4.79 Å². The summed E-state index contributed by atoms with van der Waals surface area (Å²) < 4.78 is 0. The normalized spacial score (nSPS) is 10.3. The van der Waals surface area contributed by atoms with Gasteiger partial charge in [0.25, 0.3) is 5.91 Å². The molecule has 20 heavy (non-hydrogen) atoms. The first-order valence-electron chi connectivity index (χ1n) is 6.19. The van der Waals surface area contributed by atoms with E-state index in [4.69, 9.17) is 11.6 Å². The van der Waals surface area contributed by atoms with Gasteiger partial charge in [-0.3, -0.25) is 10.2 Å². The van der Waals surface area contributed by atoms with Crippen LogP contribution in [0.4, 0.5) is 5.69 Å². The Morgan fingerprint density at radius 3 is 2.70 bits per heavy atom. The third kappa shape index (κ3) is 3.31. The molecule has 2 aromatic carbocycles. The molecule has 0 fully saturated rings. The Kier molecular flexibility index (Phi) is 4.65. The van der Waals surface area contributed by atoms with Gasteiger partial charge in [-0.25, -0.2) is 5.84 Å². The zero-order valence-corrected chi connectivity index (χ0v) is 12.0. The molecule has 0 saturated heterocycles. The third-order valence-electron chi connectivity index (χ3n) is 2.98. The van der Waals surface area contributed by atoms with Crippen molar-refractivity contribution < 1.29 is 4.79 Å². The predicted octanol–water partition coefficient (Wildman–Crippen LogP) is 2.47. The van der Waals surface area contributed by atoms with Gasteiger partial charge in [0, 0.05) is 21.9 Å². The highest BCUT2D eigenvalue weighted by molar-refractivity contribution is 7.98. The average molecular weight is 287 g/mol. The zero-order chi connectivity index (χ0) is 14.5. The Labute approximate surface area is 122 Å². The van der Waals surface area contributed by atoms with Gasteiger partial charge in [0.15, 0.2) is 0 Å². The van der Waals surface area contributed by atoms with E-state index in [2.05, 4.69) is 5.43 Å². The van der Waals surface area contributed by atoms with E-state index in [0.717, 1.165) is 21.7 Å². The van der Waals surface area contributed by atoms with Crippen LogP contribution in [-0.2, 0) is 5.75 Å². The maximum Gasteiger partial charge on any atom is 0.265 e. The molecule has 0 aliphatic rings. The molecule has 0 saturated carbocycles. The molecule has 0 spiro atoms. The number of hydrazine groups is 1. The first-order valence-corrected chi connectivity index (χ1v) is 7.18. The van der Waals surface area contributed by atoms with Gasteiger partial charge in [-0.1, -0.05) is 18.2 Å². The topological polar surface area (TPSA) is 81.1 Å². The molecule has 0 unspecified atom stereocenters. The number of nitrogen functional groups attached to an aromatic ring is 2. The minimum Gasteiger partial charge on any atom is -0.399 e. The van der Waals surface area contributed by atoms with Crippen molar-refractivity contribution in [3.8, 4) is 0 Å². The first-order chi connectivity index (χ1) is 9.61. The molecule has 1 amide bonds. The summed E-state index contributed by atoms with van der Waals surface area (Å²) in [5, 5.41) is 0. The number of carbonyl (C=O) groups is 1. The van der Waals surface area contributed by atoms with Crippen molar-refractivity contribution in [1.82, 2.24) is 5.43 Å². The van der Waals surface area contributed by atoms with Gasteiger partial charge < -0.3 is 5.73 Å². The van der Waals surface area contributed by atoms with Crippen molar-refractivity contribution in [3.05, 3.63) is 59.2 Å². The van der Waals surface area contributed by atoms with E-state index < -0.39 is 0 Å². The molecule has 0 heterocycles. The second-order valence-electron chi connectivity index (χ2n) is 4.44. The Balaban J connectivity index is 2.17. The number of thioether (sulfide) groups is 1. The Hall–Kier alpha value is -1.98.